The van der Waals surface area contributed by atoms with E-state index in [1.165, 1.54) is 7.11 Å². The van der Waals surface area contributed by atoms with Crippen molar-refractivity contribution in [3.05, 3.63) is 35.2 Å². The number of pyridine rings is 1. The second-order valence-electron chi connectivity index (χ2n) is 4.00. The molecule has 0 N–H and O–H groups in total. The highest BCUT2D eigenvalue weighted by Crippen LogP contribution is 2.18. The maximum atomic E-state index is 11.9. The van der Waals surface area contributed by atoms with Gasteiger partial charge in [-0.2, -0.15) is 5.10 Å². The lowest BCUT2D eigenvalue weighted by Gasteiger charge is -2.00. The highest BCUT2D eigenvalue weighted by molar-refractivity contribution is 6.42. The Morgan fingerprint density at radius 1 is 1.44 bits per heavy atom. The third-order valence-corrected chi connectivity index (χ3v) is 2.88. The standard InChI is InChI=1S/C13H14N2O3/c1-4-9-5-6-15-10(7-9)11(8(2)14-15)12(16)13(17)18-3/h5-7H,4H2,1-3H3. The normalized spacial score (nSPS) is 10.6. The van der Waals surface area contributed by atoms with Crippen LogP contribution in [0.5, 0.6) is 0 Å². The van der Waals surface area contributed by atoms with Gasteiger partial charge < -0.3 is 4.74 Å². The largest absolute Gasteiger partial charge is 0.463 e. The molecule has 0 aromatic carbocycles. The van der Waals surface area contributed by atoms with Gasteiger partial charge >= 0.3 is 5.97 Å². The molecule has 0 aliphatic carbocycles. The number of fused-ring (bicyclic) bond motifs is 1. The van der Waals surface area contributed by atoms with Crippen molar-refractivity contribution in [1.29, 1.82) is 0 Å². The SMILES string of the molecule is CCc1ccn2nc(C)c(C(=O)C(=O)OC)c2c1. The lowest BCUT2D eigenvalue weighted by atomic mass is 10.1. The number of ether oxygens (including phenoxy) is 1. The number of aryl methyl sites for hydroxylation is 2. The molecule has 0 aliphatic rings. The van der Waals surface area contributed by atoms with Crippen molar-refractivity contribution in [3.63, 3.8) is 0 Å². The molecule has 0 fully saturated rings. The van der Waals surface area contributed by atoms with E-state index in [9.17, 15) is 9.59 Å². The summed E-state index contributed by atoms with van der Waals surface area (Å²) < 4.78 is 6.07. The average molecular weight is 246 g/mol. The van der Waals surface area contributed by atoms with Gasteiger partial charge in [0.1, 0.15) is 0 Å². The summed E-state index contributed by atoms with van der Waals surface area (Å²) in [6, 6.07) is 3.81. The molecule has 5 nitrogen and oxygen atoms in total. The Kier molecular flexibility index (Phi) is 3.14. The third kappa shape index (κ3) is 1.88. The first-order valence-corrected chi connectivity index (χ1v) is 5.69. The van der Waals surface area contributed by atoms with Crippen LogP contribution in [0.25, 0.3) is 5.52 Å². The van der Waals surface area contributed by atoms with Crippen molar-refractivity contribution in [2.45, 2.75) is 20.3 Å². The highest BCUT2D eigenvalue weighted by atomic mass is 16.5. The number of ketones is 1. The molecule has 0 saturated carbocycles. The number of hydrogen-bond acceptors (Lipinski definition) is 4. The molecule has 0 bridgehead atoms. The molecule has 18 heavy (non-hydrogen) atoms. The minimum Gasteiger partial charge on any atom is -0.463 e. The van der Waals surface area contributed by atoms with Crippen molar-refractivity contribution in [3.8, 4) is 0 Å². The number of carbonyl (C=O) groups is 2. The molecule has 0 atom stereocenters. The van der Waals surface area contributed by atoms with Gasteiger partial charge in [-0.25, -0.2) is 9.31 Å². The fraction of sp³-hybridized carbons (Fsp3) is 0.308. The van der Waals surface area contributed by atoms with Crippen LogP contribution >= 0.6 is 0 Å². The van der Waals surface area contributed by atoms with Crippen LogP contribution in [0.1, 0.15) is 28.5 Å². The second-order valence-corrected chi connectivity index (χ2v) is 4.00. The topological polar surface area (TPSA) is 60.7 Å². The minimum absolute atomic E-state index is 0.317. The van der Waals surface area contributed by atoms with Crippen molar-refractivity contribution in [2.24, 2.45) is 0 Å². The Balaban J connectivity index is 2.65. The lowest BCUT2D eigenvalue weighted by Crippen LogP contribution is -2.16. The van der Waals surface area contributed by atoms with E-state index in [4.69, 9.17) is 0 Å². The maximum absolute atomic E-state index is 11.9. The minimum atomic E-state index is -0.866. The second kappa shape index (κ2) is 4.60. The van der Waals surface area contributed by atoms with E-state index < -0.39 is 11.8 Å². The van der Waals surface area contributed by atoms with Crippen molar-refractivity contribution in [2.75, 3.05) is 7.11 Å². The van der Waals surface area contributed by atoms with Crippen molar-refractivity contribution in [1.82, 2.24) is 9.61 Å². The summed E-state index contributed by atoms with van der Waals surface area (Å²) in [5.41, 5.74) is 2.57. The number of rotatable bonds is 3. The van der Waals surface area contributed by atoms with E-state index in [1.807, 2.05) is 19.1 Å². The summed E-state index contributed by atoms with van der Waals surface area (Å²) >= 11 is 0. The zero-order chi connectivity index (χ0) is 13.3. The number of carbonyl (C=O) groups excluding carboxylic acids is 2. The average Bonchev–Trinajstić information content (AvgIpc) is 2.71. The van der Waals surface area contributed by atoms with Gasteiger partial charge in [-0.15, -0.1) is 0 Å². The summed E-state index contributed by atoms with van der Waals surface area (Å²) in [5, 5.41) is 4.21. The summed E-state index contributed by atoms with van der Waals surface area (Å²) in [7, 11) is 1.19. The number of esters is 1. The van der Waals surface area contributed by atoms with Gasteiger partial charge in [0, 0.05) is 6.20 Å². The molecule has 0 spiro atoms. The van der Waals surface area contributed by atoms with Gasteiger partial charge in [-0.1, -0.05) is 6.92 Å². The van der Waals surface area contributed by atoms with Crippen molar-refractivity contribution < 1.29 is 14.3 Å². The number of aromatic nitrogens is 2. The Bertz CT molecular complexity index is 628. The Hall–Kier alpha value is -2.17. The summed E-state index contributed by atoms with van der Waals surface area (Å²) in [4.78, 5) is 23.3. The molecule has 0 unspecified atom stereocenters. The quantitative estimate of drug-likeness (QED) is 0.468. The summed E-state index contributed by atoms with van der Waals surface area (Å²) in [5.74, 6) is -1.52. The maximum Gasteiger partial charge on any atom is 0.379 e. The van der Waals surface area contributed by atoms with Crippen LogP contribution in [0.4, 0.5) is 0 Å². The van der Waals surface area contributed by atoms with E-state index in [2.05, 4.69) is 9.84 Å². The number of methoxy groups -OCH3 is 1. The molecule has 0 saturated heterocycles. The van der Waals surface area contributed by atoms with Gasteiger partial charge in [-0.05, 0) is 31.0 Å². The van der Waals surface area contributed by atoms with E-state index in [1.54, 1.807) is 17.6 Å². The molecule has 94 valence electrons. The Morgan fingerprint density at radius 2 is 2.17 bits per heavy atom. The Morgan fingerprint density at radius 3 is 2.78 bits per heavy atom. The first-order chi connectivity index (χ1) is 8.58. The molecule has 2 aromatic rings. The van der Waals surface area contributed by atoms with Crippen LogP contribution in [0, 0.1) is 6.92 Å². The van der Waals surface area contributed by atoms with Crippen LogP contribution in [-0.2, 0) is 16.0 Å². The van der Waals surface area contributed by atoms with Gasteiger partial charge in [0.05, 0.1) is 23.9 Å². The molecule has 2 aromatic heterocycles. The molecule has 5 heteroatoms. The molecule has 0 radical (unpaired) electrons. The number of hydrogen-bond donors (Lipinski definition) is 0. The van der Waals surface area contributed by atoms with E-state index in [0.29, 0.717) is 16.8 Å². The zero-order valence-electron chi connectivity index (χ0n) is 10.6. The van der Waals surface area contributed by atoms with Crippen LogP contribution in [-0.4, -0.2) is 28.5 Å². The van der Waals surface area contributed by atoms with Crippen LogP contribution in [0.15, 0.2) is 18.3 Å². The lowest BCUT2D eigenvalue weighted by molar-refractivity contribution is -0.135. The first-order valence-electron chi connectivity index (χ1n) is 5.69. The van der Waals surface area contributed by atoms with Gasteiger partial charge in [0.25, 0.3) is 5.78 Å². The molecule has 0 amide bonds. The highest BCUT2D eigenvalue weighted by Gasteiger charge is 2.24. The van der Waals surface area contributed by atoms with Gasteiger partial charge in [0.2, 0.25) is 0 Å². The number of nitrogens with zero attached hydrogens (tertiary/aromatic N) is 2. The smallest absolute Gasteiger partial charge is 0.379 e. The number of Topliss-reactive ketones (excluding diaryl/α,β-unsaturated/α-hetero) is 1. The van der Waals surface area contributed by atoms with Crippen LogP contribution < -0.4 is 0 Å². The monoisotopic (exact) mass is 246 g/mol. The summed E-state index contributed by atoms with van der Waals surface area (Å²) in [6.07, 6.45) is 2.64. The molecule has 2 rings (SSSR count). The van der Waals surface area contributed by atoms with E-state index in [-0.39, 0.29) is 0 Å². The molecule has 2 heterocycles. The molecular formula is C13H14N2O3. The Labute approximate surface area is 104 Å². The molecule has 0 aliphatic heterocycles. The van der Waals surface area contributed by atoms with Crippen molar-refractivity contribution >= 4 is 17.3 Å². The van der Waals surface area contributed by atoms with Gasteiger partial charge in [0.15, 0.2) is 0 Å². The van der Waals surface area contributed by atoms with E-state index in [0.717, 1.165) is 12.0 Å². The van der Waals surface area contributed by atoms with Crippen LogP contribution in [0.3, 0.4) is 0 Å². The third-order valence-electron chi connectivity index (χ3n) is 2.88. The first kappa shape index (κ1) is 12.3. The van der Waals surface area contributed by atoms with Gasteiger partial charge in [-0.3, -0.25) is 4.79 Å². The predicted molar refractivity (Wildman–Crippen MR) is 65.7 cm³/mol. The summed E-state index contributed by atoms with van der Waals surface area (Å²) in [6.45, 7) is 3.73. The fourth-order valence-electron chi connectivity index (χ4n) is 1.90. The van der Waals surface area contributed by atoms with E-state index >= 15 is 0 Å². The zero-order valence-corrected chi connectivity index (χ0v) is 10.6. The van der Waals surface area contributed by atoms with Crippen LogP contribution in [0.2, 0.25) is 0 Å². The molecular weight excluding hydrogens is 232 g/mol. The fourth-order valence-corrected chi connectivity index (χ4v) is 1.90. The predicted octanol–water partition coefficient (Wildman–Crippen LogP) is 1.56.